The van der Waals surface area contributed by atoms with E-state index in [4.69, 9.17) is 9.47 Å². The van der Waals surface area contributed by atoms with Crippen LogP contribution in [0, 0.1) is 0 Å². The van der Waals surface area contributed by atoms with Gasteiger partial charge in [-0.25, -0.2) is 5.43 Å². The Balaban J connectivity index is 1.20. The molecule has 1 aromatic heterocycles. The monoisotopic (exact) mass is 454 g/mol. The summed E-state index contributed by atoms with van der Waals surface area (Å²) in [6.07, 6.45) is 3.25. The molecule has 34 heavy (non-hydrogen) atoms. The molecular formula is C26H22N4O4. The highest BCUT2D eigenvalue weighted by atomic mass is 16.7. The van der Waals surface area contributed by atoms with Gasteiger partial charge in [0, 0.05) is 41.9 Å². The van der Waals surface area contributed by atoms with E-state index in [1.165, 1.54) is 6.92 Å². The van der Waals surface area contributed by atoms with Crippen LogP contribution in [0.5, 0.6) is 11.5 Å². The molecule has 0 spiro atoms. The fraction of sp³-hybridized carbons (Fsp3) is 0.115. The van der Waals surface area contributed by atoms with Crippen LogP contribution >= 0.6 is 0 Å². The molecular weight excluding hydrogens is 432 g/mol. The summed E-state index contributed by atoms with van der Waals surface area (Å²) in [5, 5.41) is 8.29. The summed E-state index contributed by atoms with van der Waals surface area (Å²) in [5.74, 6) is 1.09. The number of hydrazone groups is 1. The number of hydrogen-bond acceptors (Lipinski definition) is 6. The van der Waals surface area contributed by atoms with Crippen LogP contribution in [0.4, 0.5) is 5.69 Å². The molecule has 0 unspecified atom stereocenters. The van der Waals surface area contributed by atoms with Crippen LogP contribution in [0.1, 0.15) is 33.2 Å². The van der Waals surface area contributed by atoms with E-state index in [1.54, 1.807) is 29.1 Å². The Morgan fingerprint density at radius 2 is 1.82 bits per heavy atom. The van der Waals surface area contributed by atoms with Crippen LogP contribution in [-0.4, -0.2) is 29.4 Å². The van der Waals surface area contributed by atoms with Crippen molar-refractivity contribution in [3.05, 3.63) is 89.6 Å². The van der Waals surface area contributed by atoms with Gasteiger partial charge in [-0.05, 0) is 48.0 Å². The third-order valence-corrected chi connectivity index (χ3v) is 5.53. The number of anilines is 1. The Morgan fingerprint density at radius 3 is 2.65 bits per heavy atom. The summed E-state index contributed by atoms with van der Waals surface area (Å²) < 4.78 is 12.3. The van der Waals surface area contributed by atoms with Gasteiger partial charge in [0.2, 0.25) is 12.7 Å². The number of amides is 1. The molecule has 3 aromatic carbocycles. The highest BCUT2D eigenvalue weighted by Crippen LogP contribution is 2.32. The Bertz CT molecular complexity index is 1410. The number of ether oxygens (including phenoxy) is 2. The SMILES string of the molecule is CC(=O)n1cc(/C=N\NC(=O)c2ccc(NCc3ccc4c(c3)OCO4)cc2)c2ccccc21. The molecule has 8 nitrogen and oxygen atoms in total. The number of aromatic nitrogens is 1. The first-order chi connectivity index (χ1) is 16.6. The van der Waals surface area contributed by atoms with Crippen molar-refractivity contribution < 1.29 is 19.1 Å². The number of hydrogen-bond donors (Lipinski definition) is 2. The van der Waals surface area contributed by atoms with E-state index in [0.29, 0.717) is 12.1 Å². The first-order valence-corrected chi connectivity index (χ1v) is 10.8. The maximum Gasteiger partial charge on any atom is 0.271 e. The Labute approximate surface area is 195 Å². The lowest BCUT2D eigenvalue weighted by Crippen LogP contribution is -2.17. The molecule has 0 saturated carbocycles. The number of nitrogens with one attached hydrogen (secondary N) is 2. The van der Waals surface area contributed by atoms with Gasteiger partial charge >= 0.3 is 0 Å². The molecule has 1 amide bonds. The van der Waals surface area contributed by atoms with Crippen molar-refractivity contribution in [1.29, 1.82) is 0 Å². The smallest absolute Gasteiger partial charge is 0.271 e. The zero-order chi connectivity index (χ0) is 23.5. The van der Waals surface area contributed by atoms with Gasteiger partial charge < -0.3 is 14.8 Å². The molecule has 0 radical (unpaired) electrons. The zero-order valence-electron chi connectivity index (χ0n) is 18.4. The van der Waals surface area contributed by atoms with E-state index >= 15 is 0 Å². The molecule has 0 aliphatic carbocycles. The van der Waals surface area contributed by atoms with E-state index in [0.717, 1.165) is 39.2 Å². The van der Waals surface area contributed by atoms with Crippen LogP contribution in [0.3, 0.4) is 0 Å². The first kappa shape index (κ1) is 21.3. The van der Waals surface area contributed by atoms with Crippen molar-refractivity contribution in [3.8, 4) is 11.5 Å². The van der Waals surface area contributed by atoms with Crippen LogP contribution in [0.15, 0.2) is 78.0 Å². The normalized spacial score (nSPS) is 12.3. The molecule has 0 saturated heterocycles. The van der Waals surface area contributed by atoms with Crippen molar-refractivity contribution in [3.63, 3.8) is 0 Å². The quantitative estimate of drug-likeness (QED) is 0.333. The second-order valence-corrected chi connectivity index (χ2v) is 7.81. The lowest BCUT2D eigenvalue weighted by Gasteiger charge is -2.08. The summed E-state index contributed by atoms with van der Waals surface area (Å²) in [6, 6.07) is 20.5. The minimum absolute atomic E-state index is 0.0906. The topological polar surface area (TPSA) is 94.0 Å². The molecule has 0 atom stereocenters. The minimum Gasteiger partial charge on any atom is -0.454 e. The number of para-hydroxylation sites is 1. The number of carbonyl (C=O) groups excluding carboxylic acids is 2. The summed E-state index contributed by atoms with van der Waals surface area (Å²) in [6.45, 7) is 2.37. The van der Waals surface area contributed by atoms with Gasteiger partial charge in [-0.1, -0.05) is 24.3 Å². The molecule has 0 bridgehead atoms. The van der Waals surface area contributed by atoms with Crippen molar-refractivity contribution in [2.75, 3.05) is 12.1 Å². The maximum atomic E-state index is 12.5. The molecule has 8 heteroatoms. The van der Waals surface area contributed by atoms with Crippen LogP contribution in [0.25, 0.3) is 10.9 Å². The van der Waals surface area contributed by atoms with Crippen molar-refractivity contribution in [2.45, 2.75) is 13.5 Å². The highest BCUT2D eigenvalue weighted by molar-refractivity contribution is 6.03. The largest absolute Gasteiger partial charge is 0.454 e. The second kappa shape index (κ2) is 9.11. The summed E-state index contributed by atoms with van der Waals surface area (Å²) in [7, 11) is 0. The third-order valence-electron chi connectivity index (χ3n) is 5.53. The average molecular weight is 454 g/mol. The van der Waals surface area contributed by atoms with Gasteiger partial charge in [0.25, 0.3) is 5.91 Å². The molecule has 0 fully saturated rings. The lowest BCUT2D eigenvalue weighted by molar-refractivity contribution is 0.0937. The van der Waals surface area contributed by atoms with E-state index in [-0.39, 0.29) is 18.6 Å². The summed E-state index contributed by atoms with van der Waals surface area (Å²) >= 11 is 0. The summed E-state index contributed by atoms with van der Waals surface area (Å²) in [4.78, 5) is 24.4. The van der Waals surface area contributed by atoms with E-state index in [1.807, 2.05) is 54.6 Å². The van der Waals surface area contributed by atoms with Gasteiger partial charge in [-0.15, -0.1) is 0 Å². The van der Waals surface area contributed by atoms with Crippen molar-refractivity contribution >= 4 is 34.6 Å². The Morgan fingerprint density at radius 1 is 1.03 bits per heavy atom. The molecule has 2 heterocycles. The van der Waals surface area contributed by atoms with E-state index in [2.05, 4.69) is 15.8 Å². The Kier molecular flexibility index (Phi) is 5.70. The highest BCUT2D eigenvalue weighted by Gasteiger charge is 2.13. The fourth-order valence-corrected chi connectivity index (χ4v) is 3.79. The molecule has 5 rings (SSSR count). The van der Waals surface area contributed by atoms with Gasteiger partial charge in [0.15, 0.2) is 11.5 Å². The predicted octanol–water partition coefficient (Wildman–Crippen LogP) is 4.41. The third kappa shape index (κ3) is 4.33. The summed E-state index contributed by atoms with van der Waals surface area (Å²) in [5.41, 5.74) is 6.51. The maximum absolute atomic E-state index is 12.5. The van der Waals surface area contributed by atoms with Crippen LogP contribution in [0.2, 0.25) is 0 Å². The van der Waals surface area contributed by atoms with E-state index < -0.39 is 0 Å². The predicted molar refractivity (Wildman–Crippen MR) is 130 cm³/mol. The second-order valence-electron chi connectivity index (χ2n) is 7.81. The molecule has 4 aromatic rings. The Hall–Kier alpha value is -4.59. The van der Waals surface area contributed by atoms with Gasteiger partial charge in [-0.2, -0.15) is 5.10 Å². The average Bonchev–Trinajstić information content (AvgIpc) is 3.47. The van der Waals surface area contributed by atoms with Gasteiger partial charge in [-0.3, -0.25) is 14.2 Å². The zero-order valence-corrected chi connectivity index (χ0v) is 18.4. The minimum atomic E-state index is -0.325. The van der Waals surface area contributed by atoms with Crippen LogP contribution in [-0.2, 0) is 6.54 Å². The molecule has 1 aliphatic rings. The molecule has 170 valence electrons. The number of carbonyl (C=O) groups is 2. The number of benzene rings is 3. The number of fused-ring (bicyclic) bond motifs is 2. The molecule has 1 aliphatic heterocycles. The van der Waals surface area contributed by atoms with Crippen molar-refractivity contribution in [2.24, 2.45) is 5.10 Å². The number of rotatable bonds is 6. The van der Waals surface area contributed by atoms with E-state index in [9.17, 15) is 9.59 Å². The number of nitrogens with zero attached hydrogens (tertiary/aromatic N) is 2. The molecule has 2 N–H and O–H groups in total. The lowest BCUT2D eigenvalue weighted by atomic mass is 10.1. The van der Waals surface area contributed by atoms with Crippen LogP contribution < -0.4 is 20.2 Å². The van der Waals surface area contributed by atoms with Gasteiger partial charge in [0.05, 0.1) is 11.7 Å². The fourth-order valence-electron chi connectivity index (χ4n) is 3.79. The van der Waals surface area contributed by atoms with Crippen molar-refractivity contribution in [1.82, 2.24) is 9.99 Å². The standard InChI is InChI=1S/C26H22N4O4/c1-17(31)30-15-20(22-4-2-3-5-23(22)30)14-28-29-26(32)19-7-9-21(10-8-19)27-13-18-6-11-24-25(12-18)34-16-33-24/h2-12,14-15,27H,13,16H2,1H3,(H,29,32)/b28-14-. The first-order valence-electron chi connectivity index (χ1n) is 10.8. The van der Waals surface area contributed by atoms with Gasteiger partial charge in [0.1, 0.15) is 0 Å².